The van der Waals surface area contributed by atoms with Crippen molar-refractivity contribution in [1.29, 1.82) is 0 Å². The normalized spacial score (nSPS) is 16.3. The summed E-state index contributed by atoms with van der Waals surface area (Å²) in [7, 11) is 0. The van der Waals surface area contributed by atoms with Crippen LogP contribution in [-0.4, -0.2) is 45.9 Å². The Labute approximate surface area is 164 Å². The fourth-order valence-corrected chi connectivity index (χ4v) is 4.05. The first-order chi connectivity index (χ1) is 13.2. The van der Waals surface area contributed by atoms with Crippen LogP contribution in [0.15, 0.2) is 54.9 Å². The molecule has 1 aromatic carbocycles. The van der Waals surface area contributed by atoms with E-state index in [0.29, 0.717) is 13.1 Å². The quantitative estimate of drug-likeness (QED) is 0.760. The molecule has 0 aliphatic carbocycles. The Morgan fingerprint density at radius 2 is 1.81 bits per heavy atom. The number of thioether (sulfide) groups is 1. The number of carbonyl (C=O) groups excluding carboxylic acids is 2. The van der Waals surface area contributed by atoms with Crippen LogP contribution in [0.1, 0.15) is 24.0 Å². The van der Waals surface area contributed by atoms with Gasteiger partial charge in [-0.05, 0) is 48.9 Å². The Balaban J connectivity index is 1.56. The summed E-state index contributed by atoms with van der Waals surface area (Å²) in [5, 5.41) is 2.99. The highest BCUT2D eigenvalue weighted by Crippen LogP contribution is 2.19. The Bertz CT molecular complexity index is 740. The monoisotopic (exact) mass is 383 g/mol. The van der Waals surface area contributed by atoms with Crippen molar-refractivity contribution in [3.63, 3.8) is 0 Å². The number of amides is 2. The average Bonchev–Trinajstić information content (AvgIpc) is 3.10. The average molecular weight is 384 g/mol. The van der Waals surface area contributed by atoms with Crippen LogP contribution < -0.4 is 5.32 Å². The molecule has 6 heteroatoms. The van der Waals surface area contributed by atoms with Crippen molar-refractivity contribution >= 4 is 22.9 Å². The lowest BCUT2D eigenvalue weighted by atomic mass is 10.1. The number of aryl methyl sites for hydroxylation is 1. The zero-order valence-electron chi connectivity index (χ0n) is 15.3. The molecule has 1 aliphatic heterocycles. The molecule has 2 amide bonds. The number of nitrogens with one attached hydrogen (secondary N) is 1. The predicted octanol–water partition coefficient (Wildman–Crippen LogP) is 3.30. The Morgan fingerprint density at radius 3 is 2.52 bits per heavy atom. The van der Waals surface area contributed by atoms with Crippen LogP contribution >= 0.6 is 11.8 Å². The van der Waals surface area contributed by atoms with Crippen molar-refractivity contribution in [2.24, 2.45) is 0 Å². The molecule has 3 rings (SSSR count). The molecular weight excluding hydrogens is 358 g/mol. The summed E-state index contributed by atoms with van der Waals surface area (Å²) in [5.74, 6) is 0.788. The van der Waals surface area contributed by atoms with Crippen molar-refractivity contribution < 1.29 is 9.59 Å². The van der Waals surface area contributed by atoms with E-state index in [1.54, 1.807) is 12.4 Å². The number of hydrogen-bond acceptors (Lipinski definition) is 4. The molecule has 1 N–H and O–H groups in total. The smallest absolute Gasteiger partial charge is 0.318 e. The highest BCUT2D eigenvalue weighted by molar-refractivity contribution is 8.14. The standard InChI is InChI=1S/C21H25N3O2S/c25-20-19(11-16-27-20)23-21(26)24(15-10-17-5-2-1-3-6-17)14-4-7-18-8-12-22-13-9-18/h1-3,5-6,8-9,12-13,19H,4,7,10-11,14-16H2,(H,23,26)/t19-/m1/s1. The van der Waals surface area contributed by atoms with E-state index in [1.165, 1.54) is 22.9 Å². The van der Waals surface area contributed by atoms with Crippen LogP contribution in [-0.2, 0) is 17.6 Å². The number of aromatic nitrogens is 1. The van der Waals surface area contributed by atoms with Crippen molar-refractivity contribution in [1.82, 2.24) is 15.2 Å². The molecule has 2 aromatic rings. The van der Waals surface area contributed by atoms with Crippen LogP contribution in [0.25, 0.3) is 0 Å². The van der Waals surface area contributed by atoms with Gasteiger partial charge in [0.2, 0.25) is 5.12 Å². The van der Waals surface area contributed by atoms with Crippen molar-refractivity contribution in [2.45, 2.75) is 31.7 Å². The molecule has 2 heterocycles. The Hall–Kier alpha value is -2.34. The van der Waals surface area contributed by atoms with Gasteiger partial charge in [0.1, 0.15) is 6.04 Å². The van der Waals surface area contributed by atoms with Crippen molar-refractivity contribution in [2.75, 3.05) is 18.8 Å². The molecular formula is C21H25N3O2S. The number of urea groups is 1. The highest BCUT2D eigenvalue weighted by atomic mass is 32.2. The molecule has 142 valence electrons. The molecule has 1 atom stereocenters. The second-order valence-electron chi connectivity index (χ2n) is 6.64. The SMILES string of the molecule is O=C1SCC[C@H]1NC(=O)N(CCCc1ccncc1)CCc1ccccc1. The third kappa shape index (κ3) is 6.10. The number of carbonyl (C=O) groups is 2. The molecule has 0 spiro atoms. The molecule has 0 saturated carbocycles. The zero-order valence-corrected chi connectivity index (χ0v) is 16.2. The van der Waals surface area contributed by atoms with E-state index in [0.717, 1.165) is 31.4 Å². The fraction of sp³-hybridized carbons (Fsp3) is 0.381. The van der Waals surface area contributed by atoms with Crippen molar-refractivity contribution in [3.8, 4) is 0 Å². The fourth-order valence-electron chi connectivity index (χ4n) is 3.11. The maximum absolute atomic E-state index is 12.8. The van der Waals surface area contributed by atoms with Crippen LogP contribution in [0.3, 0.4) is 0 Å². The van der Waals surface area contributed by atoms with Gasteiger partial charge < -0.3 is 10.2 Å². The molecule has 0 bridgehead atoms. The number of nitrogens with zero attached hydrogens (tertiary/aromatic N) is 2. The van der Waals surface area contributed by atoms with Crippen molar-refractivity contribution in [3.05, 3.63) is 66.0 Å². The lowest BCUT2D eigenvalue weighted by molar-refractivity contribution is -0.112. The second-order valence-corrected chi connectivity index (χ2v) is 7.74. The third-order valence-corrected chi connectivity index (χ3v) is 5.69. The minimum absolute atomic E-state index is 0.0724. The number of rotatable bonds is 8. The summed E-state index contributed by atoms with van der Waals surface area (Å²) < 4.78 is 0. The minimum atomic E-state index is -0.345. The van der Waals surface area contributed by atoms with Gasteiger partial charge in [-0.2, -0.15) is 0 Å². The second kappa shape index (κ2) is 10.1. The number of hydrogen-bond donors (Lipinski definition) is 1. The van der Waals surface area contributed by atoms with E-state index < -0.39 is 0 Å². The molecule has 1 aromatic heterocycles. The number of benzene rings is 1. The maximum atomic E-state index is 12.8. The first-order valence-electron chi connectivity index (χ1n) is 9.37. The van der Waals surface area contributed by atoms with Crippen LogP contribution in [0.2, 0.25) is 0 Å². The summed E-state index contributed by atoms with van der Waals surface area (Å²) in [6.45, 7) is 1.30. The summed E-state index contributed by atoms with van der Waals surface area (Å²) in [5.41, 5.74) is 2.42. The maximum Gasteiger partial charge on any atom is 0.318 e. The van der Waals surface area contributed by atoms with Crippen LogP contribution in [0, 0.1) is 0 Å². The van der Waals surface area contributed by atoms with Gasteiger partial charge in [-0.1, -0.05) is 42.1 Å². The lowest BCUT2D eigenvalue weighted by Gasteiger charge is -2.25. The van der Waals surface area contributed by atoms with Gasteiger partial charge in [0, 0.05) is 31.2 Å². The van der Waals surface area contributed by atoms with E-state index in [2.05, 4.69) is 22.4 Å². The van der Waals surface area contributed by atoms with Gasteiger partial charge in [0.25, 0.3) is 0 Å². The molecule has 0 radical (unpaired) electrons. The molecule has 1 aliphatic rings. The van der Waals surface area contributed by atoms with Gasteiger partial charge in [-0.3, -0.25) is 9.78 Å². The van der Waals surface area contributed by atoms with Gasteiger partial charge in [0.15, 0.2) is 0 Å². The van der Waals surface area contributed by atoms with E-state index in [9.17, 15) is 9.59 Å². The molecule has 27 heavy (non-hydrogen) atoms. The summed E-state index contributed by atoms with van der Waals surface area (Å²) >= 11 is 1.31. The first kappa shape index (κ1) is 19.4. The topological polar surface area (TPSA) is 62.3 Å². The molecule has 5 nitrogen and oxygen atoms in total. The third-order valence-electron chi connectivity index (χ3n) is 4.68. The van der Waals surface area contributed by atoms with E-state index in [1.807, 2.05) is 35.2 Å². The molecule has 1 saturated heterocycles. The lowest BCUT2D eigenvalue weighted by Crippen LogP contribution is -2.47. The summed E-state index contributed by atoms with van der Waals surface area (Å²) in [6.07, 6.45) is 6.88. The highest BCUT2D eigenvalue weighted by Gasteiger charge is 2.28. The van der Waals surface area contributed by atoms with Gasteiger partial charge in [-0.15, -0.1) is 0 Å². The van der Waals surface area contributed by atoms with Crippen LogP contribution in [0.4, 0.5) is 4.79 Å². The van der Waals surface area contributed by atoms with E-state index in [4.69, 9.17) is 0 Å². The predicted molar refractivity (Wildman–Crippen MR) is 109 cm³/mol. The zero-order chi connectivity index (χ0) is 18.9. The Morgan fingerprint density at radius 1 is 1.07 bits per heavy atom. The minimum Gasteiger partial charge on any atom is -0.327 e. The summed E-state index contributed by atoms with van der Waals surface area (Å²) in [4.78, 5) is 30.5. The van der Waals surface area contributed by atoms with Crippen LogP contribution in [0.5, 0.6) is 0 Å². The first-order valence-corrected chi connectivity index (χ1v) is 10.4. The largest absolute Gasteiger partial charge is 0.327 e. The van der Waals surface area contributed by atoms with E-state index >= 15 is 0 Å². The molecule has 1 fully saturated rings. The van der Waals surface area contributed by atoms with Gasteiger partial charge >= 0.3 is 6.03 Å². The Kier molecular flexibility index (Phi) is 7.27. The molecule has 0 unspecified atom stereocenters. The summed E-state index contributed by atoms with van der Waals surface area (Å²) in [6, 6.07) is 13.7. The van der Waals surface area contributed by atoms with E-state index in [-0.39, 0.29) is 17.2 Å². The number of pyridine rings is 1. The van der Waals surface area contributed by atoms with Gasteiger partial charge in [-0.25, -0.2) is 4.79 Å². The van der Waals surface area contributed by atoms with Gasteiger partial charge in [0.05, 0.1) is 0 Å².